The van der Waals surface area contributed by atoms with Crippen LogP contribution in [0.3, 0.4) is 0 Å². The molecule has 4 nitrogen and oxygen atoms in total. The molecule has 0 aliphatic heterocycles. The number of amides is 1. The number of carbonyl (C=O) groups is 1. The van der Waals surface area contributed by atoms with Crippen LogP contribution in [0, 0.1) is 18.8 Å². The van der Waals surface area contributed by atoms with E-state index in [0.29, 0.717) is 11.5 Å². The minimum Gasteiger partial charge on any atom is -0.378 e. The monoisotopic (exact) mass is 239 g/mol. The molecule has 1 aliphatic rings. The summed E-state index contributed by atoms with van der Waals surface area (Å²) in [5, 5.41) is 6.83. The summed E-state index contributed by atoms with van der Waals surface area (Å²) in [5.41, 5.74) is 1.50. The Bertz CT molecular complexity index is 402. The van der Waals surface area contributed by atoms with Gasteiger partial charge in [0.2, 0.25) is 0 Å². The summed E-state index contributed by atoms with van der Waals surface area (Å²) in [6.45, 7) is 4.87. The topological polar surface area (TPSA) is 54.0 Å². The zero-order valence-corrected chi connectivity index (χ0v) is 10.6. The highest BCUT2D eigenvalue weighted by Gasteiger charge is 2.32. The maximum atomic E-state index is 12.0. The van der Waals surface area contributed by atoms with Crippen LogP contribution in [0.15, 0.2) is 0 Å². The highest BCUT2D eigenvalue weighted by atomic mass is 32.1. The van der Waals surface area contributed by atoms with Crippen molar-refractivity contribution in [2.24, 2.45) is 11.8 Å². The molecule has 1 heterocycles. The predicted octanol–water partition coefficient (Wildman–Crippen LogP) is 1.88. The number of nitrogens with zero attached hydrogens (tertiary/aromatic N) is 1. The first-order valence-corrected chi connectivity index (χ1v) is 6.33. The van der Waals surface area contributed by atoms with Crippen LogP contribution in [0.25, 0.3) is 0 Å². The SMILES string of the molecule is CNc1snc(C)c1C(=O)NC[C@@H]1C[C@H]1C. The van der Waals surface area contributed by atoms with Gasteiger partial charge in [0.05, 0.1) is 11.3 Å². The zero-order valence-electron chi connectivity index (χ0n) is 9.83. The average Bonchev–Trinajstić information content (AvgIpc) is 2.83. The van der Waals surface area contributed by atoms with Crippen LogP contribution in [0.4, 0.5) is 5.00 Å². The van der Waals surface area contributed by atoms with E-state index >= 15 is 0 Å². The van der Waals surface area contributed by atoms with Crippen LogP contribution in [-0.4, -0.2) is 23.9 Å². The average molecular weight is 239 g/mol. The van der Waals surface area contributed by atoms with Gasteiger partial charge in [-0.05, 0) is 36.7 Å². The Labute approximate surface area is 99.6 Å². The second-order valence-corrected chi connectivity index (χ2v) is 5.18. The number of rotatable bonds is 4. The van der Waals surface area contributed by atoms with Crippen molar-refractivity contribution in [3.8, 4) is 0 Å². The van der Waals surface area contributed by atoms with E-state index < -0.39 is 0 Å². The Morgan fingerprint density at radius 1 is 1.62 bits per heavy atom. The van der Waals surface area contributed by atoms with Crippen LogP contribution in [0.5, 0.6) is 0 Å². The summed E-state index contributed by atoms with van der Waals surface area (Å²) in [7, 11) is 1.81. The molecule has 88 valence electrons. The Balaban J connectivity index is 1.99. The van der Waals surface area contributed by atoms with E-state index in [1.807, 2.05) is 14.0 Å². The van der Waals surface area contributed by atoms with Crippen LogP contribution in [-0.2, 0) is 0 Å². The molecule has 2 rings (SSSR count). The quantitative estimate of drug-likeness (QED) is 0.843. The Morgan fingerprint density at radius 2 is 2.31 bits per heavy atom. The van der Waals surface area contributed by atoms with Gasteiger partial charge in [0.15, 0.2) is 0 Å². The Hall–Kier alpha value is -1.10. The maximum absolute atomic E-state index is 12.0. The minimum atomic E-state index is -0.00491. The molecule has 2 atom stereocenters. The Morgan fingerprint density at radius 3 is 2.88 bits per heavy atom. The number of anilines is 1. The highest BCUT2D eigenvalue weighted by Crippen LogP contribution is 2.36. The molecule has 0 radical (unpaired) electrons. The summed E-state index contributed by atoms with van der Waals surface area (Å²) in [6.07, 6.45) is 1.24. The lowest BCUT2D eigenvalue weighted by molar-refractivity contribution is 0.0951. The first-order valence-electron chi connectivity index (χ1n) is 5.55. The minimum absolute atomic E-state index is 0.00491. The van der Waals surface area contributed by atoms with Crippen molar-refractivity contribution in [1.29, 1.82) is 0 Å². The fraction of sp³-hybridized carbons (Fsp3) is 0.636. The van der Waals surface area contributed by atoms with Gasteiger partial charge in [-0.2, -0.15) is 4.37 Å². The standard InChI is InChI=1S/C11H17N3OS/c1-6-4-8(6)5-13-10(15)9-7(2)14-16-11(9)12-3/h6,8,12H,4-5H2,1-3H3,(H,13,15)/t6-,8+/m1/s1. The molecule has 1 aromatic heterocycles. The molecular formula is C11H17N3OS. The van der Waals surface area contributed by atoms with E-state index in [-0.39, 0.29) is 5.91 Å². The normalized spacial score (nSPS) is 22.9. The molecule has 1 aromatic rings. The Kier molecular flexibility index (Phi) is 3.14. The van der Waals surface area contributed by atoms with Crippen molar-refractivity contribution in [2.75, 3.05) is 18.9 Å². The lowest BCUT2D eigenvalue weighted by Crippen LogP contribution is -2.26. The predicted molar refractivity (Wildman–Crippen MR) is 66.0 cm³/mol. The third kappa shape index (κ3) is 2.19. The molecule has 1 saturated carbocycles. The second-order valence-electron chi connectivity index (χ2n) is 4.41. The summed E-state index contributed by atoms with van der Waals surface area (Å²) in [5.74, 6) is 1.44. The van der Waals surface area contributed by atoms with Crippen LogP contribution >= 0.6 is 11.5 Å². The number of hydrogen-bond donors (Lipinski definition) is 2. The van der Waals surface area contributed by atoms with E-state index in [9.17, 15) is 4.79 Å². The number of aryl methyl sites for hydroxylation is 1. The molecule has 0 saturated heterocycles. The maximum Gasteiger partial charge on any atom is 0.256 e. The summed E-state index contributed by atoms with van der Waals surface area (Å²) in [6, 6.07) is 0. The van der Waals surface area contributed by atoms with Crippen molar-refractivity contribution in [3.05, 3.63) is 11.3 Å². The zero-order chi connectivity index (χ0) is 11.7. The number of nitrogens with one attached hydrogen (secondary N) is 2. The molecule has 2 N–H and O–H groups in total. The highest BCUT2D eigenvalue weighted by molar-refractivity contribution is 7.10. The molecule has 0 aromatic carbocycles. The van der Waals surface area contributed by atoms with Crippen molar-refractivity contribution in [1.82, 2.24) is 9.69 Å². The fourth-order valence-electron chi connectivity index (χ4n) is 1.80. The molecule has 0 unspecified atom stereocenters. The van der Waals surface area contributed by atoms with E-state index in [2.05, 4.69) is 21.9 Å². The van der Waals surface area contributed by atoms with Crippen LogP contribution < -0.4 is 10.6 Å². The van der Waals surface area contributed by atoms with Gasteiger partial charge in [0.1, 0.15) is 5.00 Å². The molecular weight excluding hydrogens is 222 g/mol. The van der Waals surface area contributed by atoms with Crippen molar-refractivity contribution >= 4 is 22.4 Å². The van der Waals surface area contributed by atoms with Crippen molar-refractivity contribution in [3.63, 3.8) is 0 Å². The van der Waals surface area contributed by atoms with Gasteiger partial charge < -0.3 is 10.6 Å². The van der Waals surface area contributed by atoms with E-state index in [4.69, 9.17) is 0 Å². The van der Waals surface area contributed by atoms with Crippen LogP contribution in [0.1, 0.15) is 29.4 Å². The van der Waals surface area contributed by atoms with Gasteiger partial charge >= 0.3 is 0 Å². The van der Waals surface area contributed by atoms with Gasteiger partial charge in [-0.1, -0.05) is 6.92 Å². The third-order valence-corrected chi connectivity index (χ3v) is 4.07. The molecule has 1 amide bonds. The summed E-state index contributed by atoms with van der Waals surface area (Å²) in [4.78, 5) is 12.0. The van der Waals surface area contributed by atoms with E-state index in [1.54, 1.807) is 0 Å². The largest absolute Gasteiger partial charge is 0.378 e. The third-order valence-electron chi connectivity index (χ3n) is 3.12. The molecule has 16 heavy (non-hydrogen) atoms. The first-order chi connectivity index (χ1) is 7.63. The first kappa shape index (κ1) is 11.4. The lowest BCUT2D eigenvalue weighted by atomic mass is 10.2. The van der Waals surface area contributed by atoms with Crippen LogP contribution in [0.2, 0.25) is 0 Å². The van der Waals surface area contributed by atoms with E-state index in [1.165, 1.54) is 18.0 Å². The van der Waals surface area contributed by atoms with Gasteiger partial charge in [0.25, 0.3) is 5.91 Å². The molecule has 1 aliphatic carbocycles. The van der Waals surface area contributed by atoms with Crippen molar-refractivity contribution < 1.29 is 4.79 Å². The van der Waals surface area contributed by atoms with Gasteiger partial charge in [0, 0.05) is 13.6 Å². The smallest absolute Gasteiger partial charge is 0.256 e. The van der Waals surface area contributed by atoms with Gasteiger partial charge in [-0.3, -0.25) is 4.79 Å². The number of aromatic nitrogens is 1. The second kappa shape index (κ2) is 4.41. The molecule has 5 heteroatoms. The van der Waals surface area contributed by atoms with E-state index in [0.717, 1.165) is 23.2 Å². The van der Waals surface area contributed by atoms with Gasteiger partial charge in [-0.15, -0.1) is 0 Å². The van der Waals surface area contributed by atoms with Gasteiger partial charge in [-0.25, -0.2) is 0 Å². The van der Waals surface area contributed by atoms with Crippen molar-refractivity contribution in [2.45, 2.75) is 20.3 Å². The summed E-state index contributed by atoms with van der Waals surface area (Å²) < 4.78 is 4.18. The molecule has 0 bridgehead atoms. The number of carbonyl (C=O) groups excluding carboxylic acids is 1. The number of hydrogen-bond acceptors (Lipinski definition) is 4. The molecule has 1 fully saturated rings. The molecule has 0 spiro atoms. The summed E-state index contributed by atoms with van der Waals surface area (Å²) >= 11 is 1.33. The lowest BCUT2D eigenvalue weighted by Gasteiger charge is -2.05. The fourth-order valence-corrected chi connectivity index (χ4v) is 2.55.